The van der Waals surface area contributed by atoms with Crippen LogP contribution in [-0.2, 0) is 0 Å². The highest BCUT2D eigenvalue weighted by atomic mass is 79.9. The van der Waals surface area contributed by atoms with Crippen molar-refractivity contribution in [1.29, 1.82) is 0 Å². The number of aliphatic hydroxyl groups is 1. The SMILES string of the molecule is CCC(CC)C(O)c1cc(Br)c2c(c1)OCO2. The Kier molecular flexibility index (Phi) is 3.94. The van der Waals surface area contributed by atoms with E-state index in [4.69, 9.17) is 9.47 Å². The van der Waals surface area contributed by atoms with E-state index in [0.29, 0.717) is 5.75 Å². The molecule has 1 unspecified atom stereocenters. The van der Waals surface area contributed by atoms with Gasteiger partial charge in [-0.05, 0) is 39.5 Å². The van der Waals surface area contributed by atoms with Gasteiger partial charge in [-0.1, -0.05) is 26.7 Å². The van der Waals surface area contributed by atoms with Gasteiger partial charge in [0.2, 0.25) is 6.79 Å². The summed E-state index contributed by atoms with van der Waals surface area (Å²) in [5.74, 6) is 1.71. The molecule has 0 radical (unpaired) electrons. The lowest BCUT2D eigenvalue weighted by molar-refractivity contribution is 0.103. The van der Waals surface area contributed by atoms with E-state index in [2.05, 4.69) is 29.8 Å². The summed E-state index contributed by atoms with van der Waals surface area (Å²) in [5, 5.41) is 10.3. The molecule has 94 valence electrons. The maximum Gasteiger partial charge on any atom is 0.231 e. The number of hydrogen-bond donors (Lipinski definition) is 1. The zero-order valence-electron chi connectivity index (χ0n) is 10.1. The first-order valence-electron chi connectivity index (χ1n) is 5.94. The van der Waals surface area contributed by atoms with Crippen LogP contribution in [0.4, 0.5) is 0 Å². The summed E-state index contributed by atoms with van der Waals surface area (Å²) in [6.07, 6.45) is 1.48. The van der Waals surface area contributed by atoms with E-state index in [0.717, 1.165) is 28.6 Å². The Bertz CT molecular complexity index is 402. The lowest BCUT2D eigenvalue weighted by Gasteiger charge is -2.20. The van der Waals surface area contributed by atoms with Crippen LogP contribution in [-0.4, -0.2) is 11.9 Å². The molecule has 0 amide bonds. The Morgan fingerprint density at radius 1 is 1.29 bits per heavy atom. The van der Waals surface area contributed by atoms with Crippen LogP contribution in [0, 0.1) is 5.92 Å². The van der Waals surface area contributed by atoms with E-state index in [1.165, 1.54) is 0 Å². The highest BCUT2D eigenvalue weighted by Crippen LogP contribution is 2.42. The van der Waals surface area contributed by atoms with Crippen molar-refractivity contribution in [2.45, 2.75) is 32.8 Å². The van der Waals surface area contributed by atoms with Gasteiger partial charge in [-0.15, -0.1) is 0 Å². The van der Waals surface area contributed by atoms with Crippen molar-refractivity contribution in [3.05, 3.63) is 22.2 Å². The summed E-state index contributed by atoms with van der Waals surface area (Å²) < 4.78 is 11.5. The summed E-state index contributed by atoms with van der Waals surface area (Å²) in [6, 6.07) is 3.78. The number of rotatable bonds is 4. The number of aliphatic hydroxyl groups excluding tert-OH is 1. The second-order valence-corrected chi connectivity index (χ2v) is 5.11. The molecule has 0 fully saturated rings. The van der Waals surface area contributed by atoms with Crippen molar-refractivity contribution in [2.24, 2.45) is 5.92 Å². The fraction of sp³-hybridized carbons (Fsp3) is 0.538. The van der Waals surface area contributed by atoms with Crippen LogP contribution in [0.5, 0.6) is 11.5 Å². The third kappa shape index (κ3) is 2.43. The number of fused-ring (bicyclic) bond motifs is 1. The van der Waals surface area contributed by atoms with E-state index < -0.39 is 6.10 Å². The zero-order valence-corrected chi connectivity index (χ0v) is 11.7. The molecule has 2 rings (SSSR count). The summed E-state index contributed by atoms with van der Waals surface area (Å²) in [7, 11) is 0. The normalized spacial score (nSPS) is 15.4. The first kappa shape index (κ1) is 12.7. The predicted molar refractivity (Wildman–Crippen MR) is 69.3 cm³/mol. The minimum atomic E-state index is -0.448. The molecule has 1 atom stereocenters. The molecule has 0 saturated carbocycles. The van der Waals surface area contributed by atoms with Crippen molar-refractivity contribution in [3.63, 3.8) is 0 Å². The third-order valence-electron chi connectivity index (χ3n) is 3.29. The van der Waals surface area contributed by atoms with E-state index in [1.807, 2.05) is 12.1 Å². The topological polar surface area (TPSA) is 38.7 Å². The largest absolute Gasteiger partial charge is 0.454 e. The standard InChI is InChI=1S/C13H17BrO3/c1-3-8(4-2)12(15)9-5-10(14)13-11(6-9)16-7-17-13/h5-6,8,12,15H,3-4,7H2,1-2H3. The molecule has 0 saturated heterocycles. The van der Waals surface area contributed by atoms with E-state index in [-0.39, 0.29) is 12.7 Å². The van der Waals surface area contributed by atoms with E-state index >= 15 is 0 Å². The molecular formula is C13H17BrO3. The molecular weight excluding hydrogens is 284 g/mol. The van der Waals surface area contributed by atoms with Crippen LogP contribution >= 0.6 is 15.9 Å². The van der Waals surface area contributed by atoms with Crippen molar-refractivity contribution in [3.8, 4) is 11.5 Å². The molecule has 17 heavy (non-hydrogen) atoms. The fourth-order valence-electron chi connectivity index (χ4n) is 2.17. The van der Waals surface area contributed by atoms with Crippen LogP contribution in [0.3, 0.4) is 0 Å². The smallest absolute Gasteiger partial charge is 0.231 e. The first-order valence-corrected chi connectivity index (χ1v) is 6.73. The lowest BCUT2D eigenvalue weighted by atomic mass is 9.91. The highest BCUT2D eigenvalue weighted by Gasteiger charge is 2.23. The van der Waals surface area contributed by atoms with Gasteiger partial charge in [0.15, 0.2) is 11.5 Å². The van der Waals surface area contributed by atoms with Gasteiger partial charge in [0.1, 0.15) is 0 Å². The average Bonchev–Trinajstić information content (AvgIpc) is 2.79. The Balaban J connectivity index is 2.30. The highest BCUT2D eigenvalue weighted by molar-refractivity contribution is 9.10. The Labute approximate surface area is 110 Å². The van der Waals surface area contributed by atoms with Crippen LogP contribution in [0.25, 0.3) is 0 Å². The third-order valence-corrected chi connectivity index (χ3v) is 3.88. The Hall–Kier alpha value is -0.740. The summed E-state index contributed by atoms with van der Waals surface area (Å²) >= 11 is 3.44. The number of benzene rings is 1. The second kappa shape index (κ2) is 5.27. The van der Waals surface area contributed by atoms with Gasteiger partial charge in [0, 0.05) is 0 Å². The molecule has 0 aliphatic carbocycles. The van der Waals surface area contributed by atoms with Gasteiger partial charge in [0.25, 0.3) is 0 Å². The molecule has 4 heteroatoms. The van der Waals surface area contributed by atoms with Crippen LogP contribution in [0.2, 0.25) is 0 Å². The molecule has 1 aliphatic rings. The second-order valence-electron chi connectivity index (χ2n) is 4.26. The Morgan fingerprint density at radius 3 is 2.65 bits per heavy atom. The molecule has 1 aromatic rings. The van der Waals surface area contributed by atoms with Crippen molar-refractivity contribution in [2.75, 3.05) is 6.79 Å². The van der Waals surface area contributed by atoms with Crippen molar-refractivity contribution < 1.29 is 14.6 Å². The zero-order chi connectivity index (χ0) is 12.4. The van der Waals surface area contributed by atoms with Crippen LogP contribution < -0.4 is 9.47 Å². The molecule has 1 aromatic carbocycles. The fourth-order valence-corrected chi connectivity index (χ4v) is 2.74. The monoisotopic (exact) mass is 300 g/mol. The first-order chi connectivity index (χ1) is 8.17. The molecule has 0 aromatic heterocycles. The van der Waals surface area contributed by atoms with Gasteiger partial charge >= 0.3 is 0 Å². The van der Waals surface area contributed by atoms with Crippen molar-refractivity contribution in [1.82, 2.24) is 0 Å². The van der Waals surface area contributed by atoms with Gasteiger partial charge in [-0.25, -0.2) is 0 Å². The predicted octanol–water partition coefficient (Wildman–Crippen LogP) is 3.65. The summed E-state index contributed by atoms with van der Waals surface area (Å²) in [6.45, 7) is 4.44. The molecule has 3 nitrogen and oxygen atoms in total. The minimum Gasteiger partial charge on any atom is -0.454 e. The maximum atomic E-state index is 10.3. The van der Waals surface area contributed by atoms with E-state index in [1.54, 1.807) is 0 Å². The van der Waals surface area contributed by atoms with Gasteiger partial charge < -0.3 is 14.6 Å². The lowest BCUT2D eigenvalue weighted by Crippen LogP contribution is -2.10. The number of halogens is 1. The molecule has 1 aliphatic heterocycles. The van der Waals surface area contributed by atoms with Gasteiger partial charge in [0.05, 0.1) is 10.6 Å². The average molecular weight is 301 g/mol. The molecule has 1 N–H and O–H groups in total. The Morgan fingerprint density at radius 2 is 2.00 bits per heavy atom. The molecule has 1 heterocycles. The number of ether oxygens (including phenoxy) is 2. The van der Waals surface area contributed by atoms with Gasteiger partial charge in [-0.2, -0.15) is 0 Å². The quantitative estimate of drug-likeness (QED) is 0.922. The van der Waals surface area contributed by atoms with Crippen LogP contribution in [0.1, 0.15) is 38.4 Å². The summed E-state index contributed by atoms with van der Waals surface area (Å²) in [4.78, 5) is 0. The molecule has 0 bridgehead atoms. The maximum absolute atomic E-state index is 10.3. The summed E-state index contributed by atoms with van der Waals surface area (Å²) in [5.41, 5.74) is 0.884. The number of hydrogen-bond acceptors (Lipinski definition) is 3. The van der Waals surface area contributed by atoms with Crippen molar-refractivity contribution >= 4 is 15.9 Å². The molecule has 0 spiro atoms. The minimum absolute atomic E-state index is 0.248. The van der Waals surface area contributed by atoms with Crippen LogP contribution in [0.15, 0.2) is 16.6 Å². The van der Waals surface area contributed by atoms with Gasteiger partial charge in [-0.3, -0.25) is 0 Å². The van der Waals surface area contributed by atoms with E-state index in [9.17, 15) is 5.11 Å².